The van der Waals surface area contributed by atoms with Crippen LogP contribution in [-0.2, 0) is 0 Å². The van der Waals surface area contributed by atoms with Gasteiger partial charge in [0.25, 0.3) is 0 Å². The van der Waals surface area contributed by atoms with Crippen LogP contribution in [0.25, 0.3) is 0 Å². The number of rotatable bonds is 8. The molecule has 1 fully saturated rings. The summed E-state index contributed by atoms with van der Waals surface area (Å²) in [6.45, 7) is 16.8. The van der Waals surface area contributed by atoms with Crippen LogP contribution in [0.15, 0.2) is 6.33 Å². The van der Waals surface area contributed by atoms with E-state index in [1.54, 1.807) is 0 Å². The van der Waals surface area contributed by atoms with Crippen molar-refractivity contribution < 1.29 is 0 Å². The highest BCUT2D eigenvalue weighted by atomic mass is 35.5. The van der Waals surface area contributed by atoms with E-state index in [0.717, 1.165) is 38.9 Å². The fourth-order valence-electron chi connectivity index (χ4n) is 4.48. The molecule has 0 amide bonds. The third-order valence-electron chi connectivity index (χ3n) is 5.30. The molecule has 0 aromatic carbocycles. The lowest BCUT2D eigenvalue weighted by molar-refractivity contribution is 0.112. The maximum atomic E-state index is 5.96. The highest BCUT2D eigenvalue weighted by Crippen LogP contribution is 2.36. The maximum Gasteiger partial charge on any atom is 0.227 e. The van der Waals surface area contributed by atoms with Crippen LogP contribution in [0.1, 0.15) is 60.8 Å². The summed E-state index contributed by atoms with van der Waals surface area (Å²) in [5, 5.41) is 7.58. The van der Waals surface area contributed by atoms with Gasteiger partial charge in [0.15, 0.2) is 0 Å². The van der Waals surface area contributed by atoms with Crippen molar-refractivity contribution in [3.05, 3.63) is 11.6 Å². The molecule has 26 heavy (non-hydrogen) atoms. The normalized spacial score (nSPS) is 20.9. The van der Waals surface area contributed by atoms with Crippen LogP contribution in [0.2, 0.25) is 5.28 Å². The van der Waals surface area contributed by atoms with E-state index in [9.17, 15) is 0 Å². The summed E-state index contributed by atoms with van der Waals surface area (Å²) in [4.78, 5) is 14.9. The Kier molecular flexibility index (Phi) is 7.22. The van der Waals surface area contributed by atoms with Crippen LogP contribution in [-0.4, -0.2) is 56.6 Å². The molecule has 1 aliphatic rings. The first kappa shape index (κ1) is 21.3. The van der Waals surface area contributed by atoms with Crippen molar-refractivity contribution in [3.63, 3.8) is 0 Å². The number of hydrogen-bond acceptors (Lipinski definition) is 6. The second kappa shape index (κ2) is 8.81. The molecular formula is C19H35ClN6. The number of nitrogens with one attached hydrogen (secondary N) is 2. The van der Waals surface area contributed by atoms with Gasteiger partial charge in [-0.25, -0.2) is 9.97 Å². The molecule has 0 radical (unpaired) electrons. The summed E-state index contributed by atoms with van der Waals surface area (Å²) in [7, 11) is 0. The van der Waals surface area contributed by atoms with Crippen molar-refractivity contribution in [2.45, 2.75) is 77.9 Å². The zero-order valence-electron chi connectivity index (χ0n) is 17.1. The lowest BCUT2D eigenvalue weighted by atomic mass is 9.72. The Morgan fingerprint density at radius 1 is 1.19 bits per heavy atom. The molecule has 0 saturated carbocycles. The number of anilines is 1. The highest BCUT2D eigenvalue weighted by Gasteiger charge is 2.40. The minimum absolute atomic E-state index is 0.109. The molecule has 1 aliphatic heterocycles. The van der Waals surface area contributed by atoms with Gasteiger partial charge in [-0.2, -0.15) is 4.98 Å². The molecule has 1 saturated heterocycles. The van der Waals surface area contributed by atoms with Crippen molar-refractivity contribution >= 4 is 17.5 Å². The second-order valence-corrected chi connectivity index (χ2v) is 9.04. The van der Waals surface area contributed by atoms with Crippen molar-refractivity contribution in [1.29, 1.82) is 0 Å². The SMILES string of the molecule is CCN(CC)CCC(Nc1ncnc(Cl)n1)C1CC(C)(C)NC(C)(C)C1. The van der Waals surface area contributed by atoms with Gasteiger partial charge in [-0.05, 0) is 77.6 Å². The molecule has 2 N–H and O–H groups in total. The Morgan fingerprint density at radius 3 is 2.35 bits per heavy atom. The number of halogens is 1. The summed E-state index contributed by atoms with van der Waals surface area (Å²) in [6, 6.07) is 0.301. The number of nitrogens with zero attached hydrogens (tertiary/aromatic N) is 4. The molecule has 1 aromatic rings. The Morgan fingerprint density at radius 2 is 1.81 bits per heavy atom. The number of hydrogen-bond donors (Lipinski definition) is 2. The first-order valence-electron chi connectivity index (χ1n) is 9.77. The number of aromatic nitrogens is 3. The average molecular weight is 383 g/mol. The van der Waals surface area contributed by atoms with E-state index in [4.69, 9.17) is 11.6 Å². The quantitative estimate of drug-likeness (QED) is 0.716. The van der Waals surface area contributed by atoms with Gasteiger partial charge in [0.05, 0.1) is 0 Å². The summed E-state index contributed by atoms with van der Waals surface area (Å²) < 4.78 is 0. The van der Waals surface area contributed by atoms with Gasteiger partial charge in [-0.3, -0.25) is 0 Å². The predicted molar refractivity (Wildman–Crippen MR) is 109 cm³/mol. The van der Waals surface area contributed by atoms with E-state index >= 15 is 0 Å². The van der Waals surface area contributed by atoms with Gasteiger partial charge in [-0.1, -0.05) is 13.8 Å². The molecule has 0 spiro atoms. The van der Waals surface area contributed by atoms with Crippen LogP contribution in [0.5, 0.6) is 0 Å². The van der Waals surface area contributed by atoms with Gasteiger partial charge in [0, 0.05) is 23.7 Å². The molecule has 148 valence electrons. The predicted octanol–water partition coefficient (Wildman–Crippen LogP) is 3.59. The first-order chi connectivity index (χ1) is 12.1. The fourth-order valence-corrected chi connectivity index (χ4v) is 4.61. The van der Waals surface area contributed by atoms with Gasteiger partial charge >= 0.3 is 0 Å². The third kappa shape index (κ3) is 6.32. The van der Waals surface area contributed by atoms with Crippen molar-refractivity contribution in [1.82, 2.24) is 25.2 Å². The minimum atomic E-state index is 0.109. The first-order valence-corrected chi connectivity index (χ1v) is 10.1. The van der Waals surface area contributed by atoms with Gasteiger partial charge in [-0.15, -0.1) is 0 Å². The molecule has 2 heterocycles. The zero-order valence-corrected chi connectivity index (χ0v) is 17.9. The summed E-state index contributed by atoms with van der Waals surface area (Å²) in [5.74, 6) is 1.11. The Hall–Kier alpha value is -0.980. The van der Waals surface area contributed by atoms with Gasteiger partial charge in [0.1, 0.15) is 6.33 Å². The molecule has 7 heteroatoms. The lowest BCUT2D eigenvalue weighted by Crippen LogP contribution is -2.60. The molecular weight excluding hydrogens is 348 g/mol. The molecule has 1 aromatic heterocycles. The standard InChI is InChI=1S/C19H35ClN6/c1-7-26(8-2)10-9-15(23-17-22-13-21-16(20)24-17)14-11-18(3,4)25-19(5,6)12-14/h13-15,25H,7-12H2,1-6H3,(H,21,22,23,24). The molecule has 0 bridgehead atoms. The lowest BCUT2D eigenvalue weighted by Gasteiger charge is -2.49. The Labute approximate surface area is 163 Å². The van der Waals surface area contributed by atoms with Gasteiger partial charge < -0.3 is 15.5 Å². The third-order valence-corrected chi connectivity index (χ3v) is 5.48. The molecule has 1 unspecified atom stereocenters. The second-order valence-electron chi connectivity index (χ2n) is 8.71. The smallest absolute Gasteiger partial charge is 0.227 e. The van der Waals surface area contributed by atoms with Crippen LogP contribution in [0.3, 0.4) is 0 Å². The van der Waals surface area contributed by atoms with E-state index in [0.29, 0.717) is 17.9 Å². The monoisotopic (exact) mass is 382 g/mol. The number of piperidine rings is 1. The summed E-state index contributed by atoms with van der Waals surface area (Å²) in [6.07, 6.45) is 4.76. The van der Waals surface area contributed by atoms with Gasteiger partial charge in [0.2, 0.25) is 11.2 Å². The average Bonchev–Trinajstić information content (AvgIpc) is 2.51. The molecule has 0 aliphatic carbocycles. The van der Waals surface area contributed by atoms with E-state index in [1.807, 2.05) is 0 Å². The summed E-state index contributed by atoms with van der Waals surface area (Å²) in [5.41, 5.74) is 0.219. The fraction of sp³-hybridized carbons (Fsp3) is 0.842. The Balaban J connectivity index is 2.18. The maximum absolute atomic E-state index is 5.96. The topological polar surface area (TPSA) is 66.0 Å². The van der Waals surface area contributed by atoms with Crippen LogP contribution >= 0.6 is 11.6 Å². The minimum Gasteiger partial charge on any atom is -0.351 e. The van der Waals surface area contributed by atoms with Crippen molar-refractivity contribution in [3.8, 4) is 0 Å². The Bertz CT molecular complexity index is 557. The molecule has 1 atom stereocenters. The van der Waals surface area contributed by atoms with E-state index < -0.39 is 0 Å². The van der Waals surface area contributed by atoms with E-state index in [1.165, 1.54) is 6.33 Å². The molecule has 6 nitrogen and oxygen atoms in total. The van der Waals surface area contributed by atoms with Crippen molar-refractivity contribution in [2.24, 2.45) is 5.92 Å². The summed E-state index contributed by atoms with van der Waals surface area (Å²) >= 11 is 5.96. The zero-order chi connectivity index (χ0) is 19.4. The van der Waals surface area contributed by atoms with Crippen LogP contribution in [0, 0.1) is 5.92 Å². The van der Waals surface area contributed by atoms with E-state index in [-0.39, 0.29) is 16.4 Å². The largest absolute Gasteiger partial charge is 0.351 e. The van der Waals surface area contributed by atoms with E-state index in [2.05, 4.69) is 72.0 Å². The van der Waals surface area contributed by atoms with Crippen molar-refractivity contribution in [2.75, 3.05) is 25.0 Å². The molecule has 2 rings (SSSR count). The van der Waals surface area contributed by atoms with Crippen LogP contribution < -0.4 is 10.6 Å². The highest BCUT2D eigenvalue weighted by molar-refractivity contribution is 6.28. The van der Waals surface area contributed by atoms with Crippen LogP contribution in [0.4, 0.5) is 5.95 Å².